The van der Waals surface area contributed by atoms with Crippen LogP contribution in [0.25, 0.3) is 0 Å². The summed E-state index contributed by atoms with van der Waals surface area (Å²) in [4.78, 5) is 23.1. The second-order valence-electron chi connectivity index (χ2n) is 3.82. The molecule has 1 N–H and O–H groups in total. The summed E-state index contributed by atoms with van der Waals surface area (Å²) in [6.07, 6.45) is 0. The van der Waals surface area contributed by atoms with E-state index < -0.39 is 11.9 Å². The molecule has 4 nitrogen and oxygen atoms in total. The SMILES string of the molecule is O=C(O)c1cc(Cl)c(Cl)cc1C(=O)Oc1ccccc1. The van der Waals surface area contributed by atoms with Crippen molar-refractivity contribution in [3.05, 3.63) is 63.6 Å². The summed E-state index contributed by atoms with van der Waals surface area (Å²) >= 11 is 11.6. The molecule has 0 fully saturated rings. The standard InChI is InChI=1S/C14H8Cl2O4/c15-11-6-9(13(17)18)10(7-12(11)16)14(19)20-8-4-2-1-3-5-8/h1-7H,(H,17,18). The number of halogens is 2. The molecule has 6 heteroatoms. The molecule has 0 amide bonds. The average Bonchev–Trinajstić information content (AvgIpc) is 2.42. The molecule has 0 aliphatic carbocycles. The molecule has 0 spiro atoms. The van der Waals surface area contributed by atoms with E-state index in [0.717, 1.165) is 6.07 Å². The van der Waals surface area contributed by atoms with Crippen molar-refractivity contribution < 1.29 is 19.4 Å². The van der Waals surface area contributed by atoms with E-state index in [2.05, 4.69) is 0 Å². The van der Waals surface area contributed by atoms with Crippen LogP contribution in [0.15, 0.2) is 42.5 Å². The van der Waals surface area contributed by atoms with E-state index in [1.165, 1.54) is 6.07 Å². The minimum atomic E-state index is -1.29. The van der Waals surface area contributed by atoms with Gasteiger partial charge in [0.2, 0.25) is 0 Å². The van der Waals surface area contributed by atoms with Crippen molar-refractivity contribution in [2.45, 2.75) is 0 Å². The van der Waals surface area contributed by atoms with Crippen molar-refractivity contribution in [1.29, 1.82) is 0 Å². The number of carboxylic acid groups (broad SMARTS) is 1. The quantitative estimate of drug-likeness (QED) is 0.689. The molecule has 0 saturated carbocycles. The molecule has 0 radical (unpaired) electrons. The zero-order valence-corrected chi connectivity index (χ0v) is 11.5. The number of aromatic carboxylic acids is 1. The Labute approximate surface area is 124 Å². The van der Waals surface area contributed by atoms with Crippen LogP contribution in [0.3, 0.4) is 0 Å². The number of ether oxygens (including phenoxy) is 1. The molecular formula is C14H8Cl2O4. The maximum Gasteiger partial charge on any atom is 0.344 e. The number of carbonyl (C=O) groups is 2. The number of carbonyl (C=O) groups excluding carboxylic acids is 1. The average molecular weight is 311 g/mol. The molecule has 102 valence electrons. The summed E-state index contributed by atoms with van der Waals surface area (Å²) in [5, 5.41) is 9.22. The second kappa shape index (κ2) is 5.94. The highest BCUT2D eigenvalue weighted by atomic mass is 35.5. The number of hydrogen-bond donors (Lipinski definition) is 1. The monoisotopic (exact) mass is 310 g/mol. The van der Waals surface area contributed by atoms with Crippen LogP contribution in [-0.2, 0) is 0 Å². The number of esters is 1. The molecule has 0 aliphatic heterocycles. The number of hydrogen-bond acceptors (Lipinski definition) is 3. The summed E-state index contributed by atoms with van der Waals surface area (Å²) in [7, 11) is 0. The molecule has 2 aromatic carbocycles. The Morgan fingerprint density at radius 3 is 2.05 bits per heavy atom. The molecule has 0 aliphatic rings. The van der Waals surface area contributed by atoms with Crippen molar-refractivity contribution in [3.8, 4) is 5.75 Å². The fourth-order valence-corrected chi connectivity index (χ4v) is 1.87. The van der Waals surface area contributed by atoms with Gasteiger partial charge in [-0.25, -0.2) is 9.59 Å². The Balaban J connectivity index is 2.39. The van der Waals surface area contributed by atoms with Gasteiger partial charge in [-0.3, -0.25) is 0 Å². The molecule has 0 aromatic heterocycles. The third-order valence-electron chi connectivity index (χ3n) is 2.46. The van der Waals surface area contributed by atoms with Gasteiger partial charge in [0, 0.05) is 0 Å². The molecule has 20 heavy (non-hydrogen) atoms. The van der Waals surface area contributed by atoms with Crippen LogP contribution in [-0.4, -0.2) is 17.0 Å². The first kappa shape index (κ1) is 14.4. The van der Waals surface area contributed by atoms with Gasteiger partial charge in [0.15, 0.2) is 0 Å². The van der Waals surface area contributed by atoms with E-state index >= 15 is 0 Å². The molecule has 2 aromatic rings. The summed E-state index contributed by atoms with van der Waals surface area (Å²) in [5.41, 5.74) is -0.420. The van der Waals surface area contributed by atoms with Crippen molar-refractivity contribution in [2.24, 2.45) is 0 Å². The van der Waals surface area contributed by atoms with E-state index in [0.29, 0.717) is 5.75 Å². The van der Waals surface area contributed by atoms with E-state index in [9.17, 15) is 9.59 Å². The number of carboxylic acids is 1. The van der Waals surface area contributed by atoms with E-state index in [4.69, 9.17) is 33.0 Å². The van der Waals surface area contributed by atoms with E-state index in [-0.39, 0.29) is 21.2 Å². The molecule has 0 atom stereocenters. The van der Waals surface area contributed by atoms with Crippen LogP contribution in [0.5, 0.6) is 5.75 Å². The molecule has 0 bridgehead atoms. The third-order valence-corrected chi connectivity index (χ3v) is 3.19. The first-order valence-corrected chi connectivity index (χ1v) is 6.24. The largest absolute Gasteiger partial charge is 0.478 e. The fourth-order valence-electron chi connectivity index (χ4n) is 1.54. The van der Waals surface area contributed by atoms with E-state index in [1.807, 2.05) is 0 Å². The smallest absolute Gasteiger partial charge is 0.344 e. The second-order valence-corrected chi connectivity index (χ2v) is 4.63. The van der Waals surface area contributed by atoms with Gasteiger partial charge in [-0.1, -0.05) is 41.4 Å². The molecule has 2 rings (SSSR count). The Kier molecular flexibility index (Phi) is 4.27. The maximum atomic E-state index is 12.0. The van der Waals surface area contributed by atoms with Crippen molar-refractivity contribution in [3.63, 3.8) is 0 Å². The van der Waals surface area contributed by atoms with Gasteiger partial charge in [-0.2, -0.15) is 0 Å². The lowest BCUT2D eigenvalue weighted by Gasteiger charge is -2.08. The first-order chi connectivity index (χ1) is 9.49. The summed E-state index contributed by atoms with van der Waals surface area (Å²) in [5.74, 6) is -1.80. The maximum absolute atomic E-state index is 12.0. The van der Waals surface area contributed by atoms with Crippen molar-refractivity contribution >= 4 is 35.1 Å². The zero-order chi connectivity index (χ0) is 14.7. The minimum absolute atomic E-state index is 0.0559. The molecule has 0 saturated heterocycles. The summed E-state index contributed by atoms with van der Waals surface area (Å²) in [6.45, 7) is 0. The van der Waals surface area contributed by atoms with Crippen LogP contribution < -0.4 is 4.74 Å². The van der Waals surface area contributed by atoms with Crippen molar-refractivity contribution in [1.82, 2.24) is 0 Å². The lowest BCUT2D eigenvalue weighted by molar-refractivity contribution is 0.0668. The van der Waals surface area contributed by atoms with Gasteiger partial charge in [0.1, 0.15) is 5.75 Å². The predicted octanol–water partition coefficient (Wildman–Crippen LogP) is 3.91. The van der Waals surface area contributed by atoms with Crippen molar-refractivity contribution in [2.75, 3.05) is 0 Å². The Bertz CT molecular complexity index is 668. The topological polar surface area (TPSA) is 63.6 Å². The number of para-hydroxylation sites is 1. The van der Waals surface area contributed by atoms with Crippen LogP contribution in [0.4, 0.5) is 0 Å². The highest BCUT2D eigenvalue weighted by Crippen LogP contribution is 2.27. The van der Waals surface area contributed by atoms with Gasteiger partial charge in [0.05, 0.1) is 21.2 Å². The number of benzene rings is 2. The normalized spacial score (nSPS) is 10.1. The van der Waals surface area contributed by atoms with Crippen LogP contribution >= 0.6 is 23.2 Å². The number of rotatable bonds is 3. The minimum Gasteiger partial charge on any atom is -0.478 e. The Morgan fingerprint density at radius 1 is 0.950 bits per heavy atom. The van der Waals surface area contributed by atoms with Crippen LogP contribution in [0.1, 0.15) is 20.7 Å². The molecular weight excluding hydrogens is 303 g/mol. The first-order valence-electron chi connectivity index (χ1n) is 5.48. The van der Waals surface area contributed by atoms with Crippen LogP contribution in [0.2, 0.25) is 10.0 Å². The predicted molar refractivity (Wildman–Crippen MR) is 74.8 cm³/mol. The molecule has 0 unspecified atom stereocenters. The lowest BCUT2D eigenvalue weighted by Crippen LogP contribution is -2.14. The Morgan fingerprint density at radius 2 is 1.50 bits per heavy atom. The molecule has 0 heterocycles. The third kappa shape index (κ3) is 3.10. The van der Waals surface area contributed by atoms with Gasteiger partial charge in [-0.15, -0.1) is 0 Å². The fraction of sp³-hybridized carbons (Fsp3) is 0. The summed E-state index contributed by atoms with van der Waals surface area (Å²) < 4.78 is 5.08. The van der Waals surface area contributed by atoms with Gasteiger partial charge in [0.25, 0.3) is 0 Å². The van der Waals surface area contributed by atoms with Gasteiger partial charge < -0.3 is 9.84 Å². The van der Waals surface area contributed by atoms with Gasteiger partial charge in [-0.05, 0) is 24.3 Å². The lowest BCUT2D eigenvalue weighted by atomic mass is 10.1. The Hall–Kier alpha value is -2.04. The summed E-state index contributed by atoms with van der Waals surface area (Å²) in [6, 6.07) is 10.6. The zero-order valence-electron chi connectivity index (χ0n) is 9.97. The van der Waals surface area contributed by atoms with Gasteiger partial charge >= 0.3 is 11.9 Å². The highest BCUT2D eigenvalue weighted by molar-refractivity contribution is 6.42. The van der Waals surface area contributed by atoms with Crippen LogP contribution in [0, 0.1) is 0 Å². The van der Waals surface area contributed by atoms with E-state index in [1.54, 1.807) is 30.3 Å². The highest BCUT2D eigenvalue weighted by Gasteiger charge is 2.20.